The molecule has 0 aromatic carbocycles. The maximum Gasteiger partial charge on any atom is 0.406 e. The fraction of sp³-hybridized carbons (Fsp3) is 0.867. The van der Waals surface area contributed by atoms with Crippen molar-refractivity contribution in [2.75, 3.05) is 33.8 Å². The number of ether oxygens (including phenoxy) is 1. The minimum absolute atomic E-state index is 0.106. The average molecular weight is 338 g/mol. The number of nitrogens with zero attached hydrogens (tertiary/aromatic N) is 2. The molecule has 1 rings (SSSR count). The van der Waals surface area contributed by atoms with Crippen molar-refractivity contribution >= 4 is 11.8 Å². The summed E-state index contributed by atoms with van der Waals surface area (Å²) in [5.41, 5.74) is 0. The number of carbonyl (C=O) groups excluding carboxylic acids is 2. The maximum absolute atomic E-state index is 12.6. The second-order valence-electron chi connectivity index (χ2n) is 6.26. The lowest BCUT2D eigenvalue weighted by atomic mass is 9.88. The molecule has 5 nitrogen and oxygen atoms in total. The van der Waals surface area contributed by atoms with Crippen LogP contribution in [0.5, 0.6) is 0 Å². The first-order valence-electron chi connectivity index (χ1n) is 7.76. The molecule has 1 aliphatic carbocycles. The highest BCUT2D eigenvalue weighted by Crippen LogP contribution is 2.26. The van der Waals surface area contributed by atoms with Gasteiger partial charge < -0.3 is 14.5 Å². The topological polar surface area (TPSA) is 49.9 Å². The molecule has 2 amide bonds. The summed E-state index contributed by atoms with van der Waals surface area (Å²) >= 11 is 0. The van der Waals surface area contributed by atoms with Gasteiger partial charge in [0.25, 0.3) is 0 Å². The second kappa shape index (κ2) is 8.52. The SMILES string of the molecule is C[C@H]1CCCC[C@H]1OCC(=O)N(CC(=O)N(C)C)CC(F)(F)F. The van der Waals surface area contributed by atoms with Gasteiger partial charge in [-0.15, -0.1) is 0 Å². The summed E-state index contributed by atoms with van der Waals surface area (Å²) in [6.45, 7) is -0.465. The Hall–Kier alpha value is -1.31. The zero-order chi connectivity index (χ0) is 17.6. The highest BCUT2D eigenvalue weighted by Gasteiger charge is 2.34. The van der Waals surface area contributed by atoms with Crippen LogP contribution in [0, 0.1) is 5.92 Å². The number of rotatable bonds is 6. The molecule has 0 aromatic heterocycles. The number of likely N-dealkylation sites (N-methyl/N-ethyl adjacent to an activating group) is 1. The molecule has 1 fully saturated rings. The Morgan fingerprint density at radius 2 is 1.74 bits per heavy atom. The molecule has 1 aliphatic rings. The largest absolute Gasteiger partial charge is 0.406 e. The van der Waals surface area contributed by atoms with Crippen LogP contribution in [0.1, 0.15) is 32.6 Å². The monoisotopic (exact) mass is 338 g/mol. The van der Waals surface area contributed by atoms with Crippen LogP contribution in [0.25, 0.3) is 0 Å². The number of hydrogen-bond donors (Lipinski definition) is 0. The molecule has 0 aromatic rings. The van der Waals surface area contributed by atoms with Crippen LogP contribution in [0.15, 0.2) is 0 Å². The van der Waals surface area contributed by atoms with Crippen molar-refractivity contribution in [3.05, 3.63) is 0 Å². The van der Waals surface area contributed by atoms with Crippen LogP contribution in [-0.2, 0) is 14.3 Å². The van der Waals surface area contributed by atoms with Crippen molar-refractivity contribution in [2.45, 2.75) is 44.9 Å². The standard InChI is InChI=1S/C15H25F3N2O3/c1-11-6-4-5-7-12(11)23-9-14(22)20(10-15(16,17)18)8-13(21)19(2)3/h11-12H,4-10H2,1-3H3/t11-,12+/m0/s1. The molecule has 0 bridgehead atoms. The van der Waals surface area contributed by atoms with Crippen molar-refractivity contribution in [3.63, 3.8) is 0 Å². The first-order chi connectivity index (χ1) is 10.6. The van der Waals surface area contributed by atoms with Gasteiger partial charge in [-0.1, -0.05) is 19.8 Å². The molecule has 0 aliphatic heterocycles. The van der Waals surface area contributed by atoms with Crippen LogP contribution in [0.3, 0.4) is 0 Å². The van der Waals surface area contributed by atoms with E-state index in [4.69, 9.17) is 4.74 Å². The normalized spacial score (nSPS) is 21.8. The lowest BCUT2D eigenvalue weighted by molar-refractivity contribution is -0.168. The predicted molar refractivity (Wildman–Crippen MR) is 78.7 cm³/mol. The van der Waals surface area contributed by atoms with Crippen LogP contribution in [-0.4, -0.2) is 67.7 Å². The number of carbonyl (C=O) groups is 2. The van der Waals surface area contributed by atoms with Crippen LogP contribution >= 0.6 is 0 Å². The van der Waals surface area contributed by atoms with Gasteiger partial charge in [-0.05, 0) is 18.8 Å². The summed E-state index contributed by atoms with van der Waals surface area (Å²) in [7, 11) is 2.86. The molecule has 0 heterocycles. The van der Waals surface area contributed by atoms with Crippen molar-refractivity contribution in [2.24, 2.45) is 5.92 Å². The Labute approximate surface area is 134 Å². The third kappa shape index (κ3) is 7.20. The van der Waals surface area contributed by atoms with E-state index in [1.54, 1.807) is 0 Å². The molecule has 2 atom stereocenters. The minimum Gasteiger partial charge on any atom is -0.368 e. The minimum atomic E-state index is -4.56. The number of halogens is 3. The van der Waals surface area contributed by atoms with E-state index >= 15 is 0 Å². The highest BCUT2D eigenvalue weighted by molar-refractivity contribution is 5.85. The molecule has 134 valence electrons. The summed E-state index contributed by atoms with van der Waals surface area (Å²) in [5, 5.41) is 0. The van der Waals surface area contributed by atoms with E-state index in [0.29, 0.717) is 4.90 Å². The van der Waals surface area contributed by atoms with Crippen LogP contribution in [0.4, 0.5) is 13.2 Å². The molecule has 23 heavy (non-hydrogen) atoms. The molecule has 0 unspecified atom stereocenters. The van der Waals surface area contributed by atoms with E-state index in [-0.39, 0.29) is 12.0 Å². The molecule has 0 radical (unpaired) electrons. The Balaban J connectivity index is 2.61. The van der Waals surface area contributed by atoms with Gasteiger partial charge in [-0.2, -0.15) is 13.2 Å². The molecule has 0 spiro atoms. The lowest BCUT2D eigenvalue weighted by Crippen LogP contribution is -2.46. The Bertz CT molecular complexity index is 413. The molecule has 1 saturated carbocycles. The summed E-state index contributed by atoms with van der Waals surface area (Å²) in [5.74, 6) is -1.08. The fourth-order valence-corrected chi connectivity index (χ4v) is 2.55. The third-order valence-corrected chi connectivity index (χ3v) is 4.00. The third-order valence-electron chi connectivity index (χ3n) is 4.00. The van der Waals surface area contributed by atoms with E-state index in [1.807, 2.05) is 6.92 Å². The smallest absolute Gasteiger partial charge is 0.368 e. The Kier molecular flexibility index (Phi) is 7.31. The zero-order valence-corrected chi connectivity index (χ0v) is 13.9. The van der Waals surface area contributed by atoms with E-state index in [1.165, 1.54) is 14.1 Å². The second-order valence-corrected chi connectivity index (χ2v) is 6.26. The summed E-state index contributed by atoms with van der Waals surface area (Å²) in [6, 6.07) is 0. The molecule has 0 saturated heterocycles. The van der Waals surface area contributed by atoms with E-state index in [0.717, 1.165) is 30.6 Å². The van der Waals surface area contributed by atoms with Gasteiger partial charge >= 0.3 is 6.18 Å². The van der Waals surface area contributed by atoms with Gasteiger partial charge in [0, 0.05) is 14.1 Å². The van der Waals surface area contributed by atoms with E-state index < -0.39 is 37.7 Å². The van der Waals surface area contributed by atoms with E-state index in [9.17, 15) is 22.8 Å². The van der Waals surface area contributed by atoms with Gasteiger partial charge in [-0.3, -0.25) is 9.59 Å². The van der Waals surface area contributed by atoms with Crippen molar-refractivity contribution in [3.8, 4) is 0 Å². The first-order valence-corrected chi connectivity index (χ1v) is 7.76. The quantitative estimate of drug-likeness (QED) is 0.745. The van der Waals surface area contributed by atoms with E-state index in [2.05, 4.69) is 0 Å². The van der Waals surface area contributed by atoms with Crippen molar-refractivity contribution in [1.29, 1.82) is 0 Å². The van der Waals surface area contributed by atoms with Crippen LogP contribution < -0.4 is 0 Å². The van der Waals surface area contributed by atoms with Gasteiger partial charge in [0.05, 0.1) is 6.10 Å². The fourth-order valence-electron chi connectivity index (χ4n) is 2.55. The molecule has 8 heteroatoms. The van der Waals surface area contributed by atoms with Crippen molar-refractivity contribution < 1.29 is 27.5 Å². The highest BCUT2D eigenvalue weighted by atomic mass is 19.4. The van der Waals surface area contributed by atoms with Crippen molar-refractivity contribution in [1.82, 2.24) is 9.80 Å². The summed E-state index contributed by atoms with van der Waals surface area (Å²) < 4.78 is 43.4. The predicted octanol–water partition coefficient (Wildman–Crippen LogP) is 2.06. The first kappa shape index (κ1) is 19.7. The maximum atomic E-state index is 12.6. The molecular formula is C15H25F3N2O3. The zero-order valence-electron chi connectivity index (χ0n) is 13.9. The van der Waals surface area contributed by atoms with Gasteiger partial charge in [0.2, 0.25) is 11.8 Å². The molecular weight excluding hydrogens is 313 g/mol. The summed E-state index contributed by atoms with van der Waals surface area (Å²) in [6.07, 6.45) is -0.763. The average Bonchev–Trinajstić information content (AvgIpc) is 2.43. The molecule has 0 N–H and O–H groups in total. The number of hydrogen-bond acceptors (Lipinski definition) is 3. The summed E-state index contributed by atoms with van der Waals surface area (Å²) in [4.78, 5) is 25.3. The Morgan fingerprint density at radius 1 is 1.13 bits per heavy atom. The lowest BCUT2D eigenvalue weighted by Gasteiger charge is -2.30. The van der Waals surface area contributed by atoms with Gasteiger partial charge in [-0.25, -0.2) is 0 Å². The van der Waals surface area contributed by atoms with Crippen LogP contribution in [0.2, 0.25) is 0 Å². The Morgan fingerprint density at radius 3 is 2.26 bits per heavy atom. The van der Waals surface area contributed by atoms with Gasteiger partial charge in [0.1, 0.15) is 19.7 Å². The number of amides is 2. The number of alkyl halides is 3. The van der Waals surface area contributed by atoms with Gasteiger partial charge in [0.15, 0.2) is 0 Å².